The molecule has 0 fully saturated rings. The Hall–Kier alpha value is -1.60. The van der Waals surface area contributed by atoms with Crippen LogP contribution < -0.4 is 5.32 Å². The summed E-state index contributed by atoms with van der Waals surface area (Å²) < 4.78 is 4.91. The van der Waals surface area contributed by atoms with E-state index in [0.717, 1.165) is 7.11 Å². The van der Waals surface area contributed by atoms with Gasteiger partial charge in [0.15, 0.2) is 5.76 Å². The van der Waals surface area contributed by atoms with Gasteiger partial charge in [-0.15, -0.1) is 0 Å². The smallest absolute Gasteiger partial charge is 0.322 e. The minimum Gasteiger partial charge on any atom is -0.491 e. The number of aliphatic hydroxyl groups is 2. The summed E-state index contributed by atoms with van der Waals surface area (Å²) in [5.41, 5.74) is -0.814. The molecule has 7 nitrogen and oxygen atoms in total. The molecular weight excluding hydrogens is 242 g/mol. The zero-order valence-electron chi connectivity index (χ0n) is 10.7. The van der Waals surface area contributed by atoms with Gasteiger partial charge in [0.1, 0.15) is 6.54 Å². The van der Waals surface area contributed by atoms with Gasteiger partial charge >= 0.3 is 5.97 Å². The van der Waals surface area contributed by atoms with Gasteiger partial charge in [-0.25, -0.2) is 0 Å². The molecule has 1 atom stereocenters. The van der Waals surface area contributed by atoms with Crippen molar-refractivity contribution in [3.8, 4) is 0 Å². The minimum absolute atomic E-state index is 0.0194. The maximum Gasteiger partial charge on any atom is 0.322 e. The molecule has 18 heavy (non-hydrogen) atoms. The fourth-order valence-electron chi connectivity index (χ4n) is 1.68. The Bertz CT molecular complexity index is 347. The fraction of sp³-hybridized carbons (Fsp3) is 0.636. The highest BCUT2D eigenvalue weighted by molar-refractivity contribution is 5.95. The van der Waals surface area contributed by atoms with E-state index in [2.05, 4.69) is 5.32 Å². The van der Waals surface area contributed by atoms with Crippen LogP contribution in [0.15, 0.2) is 11.5 Å². The first-order valence-corrected chi connectivity index (χ1v) is 5.29. The van der Waals surface area contributed by atoms with Crippen molar-refractivity contribution in [1.29, 1.82) is 0 Å². The molecule has 0 saturated heterocycles. The highest BCUT2D eigenvalue weighted by Gasteiger charge is 2.35. The van der Waals surface area contributed by atoms with E-state index in [1.54, 1.807) is 0 Å². The Morgan fingerprint density at radius 3 is 2.44 bits per heavy atom. The van der Waals surface area contributed by atoms with Crippen LogP contribution in [0, 0.1) is 0 Å². The Kier molecular flexibility index (Phi) is 6.35. The lowest BCUT2D eigenvalue weighted by molar-refractivity contribution is -0.136. The van der Waals surface area contributed by atoms with Gasteiger partial charge < -0.3 is 25.4 Å². The molecule has 1 unspecified atom stereocenters. The summed E-state index contributed by atoms with van der Waals surface area (Å²) in [4.78, 5) is 22.0. The van der Waals surface area contributed by atoms with Gasteiger partial charge in [-0.05, 0) is 6.92 Å². The molecular formula is C11H19NO6. The predicted molar refractivity (Wildman–Crippen MR) is 62.7 cm³/mol. The molecule has 0 bridgehead atoms. The first-order chi connectivity index (χ1) is 8.35. The van der Waals surface area contributed by atoms with Crippen LogP contribution in [0.4, 0.5) is 0 Å². The topological polar surface area (TPSA) is 116 Å². The molecule has 0 radical (unpaired) electrons. The fourth-order valence-corrected chi connectivity index (χ4v) is 1.68. The number of carboxylic acid groups (broad SMARTS) is 1. The van der Waals surface area contributed by atoms with Crippen molar-refractivity contribution >= 4 is 11.8 Å². The third-order valence-electron chi connectivity index (χ3n) is 2.28. The van der Waals surface area contributed by atoms with Crippen LogP contribution >= 0.6 is 0 Å². The molecule has 0 heterocycles. The summed E-state index contributed by atoms with van der Waals surface area (Å²) in [6, 6.07) is 0. The number of nitrogens with one attached hydrogen (secondary N) is 1. The molecule has 0 amide bonds. The van der Waals surface area contributed by atoms with Crippen molar-refractivity contribution < 1.29 is 29.6 Å². The summed E-state index contributed by atoms with van der Waals surface area (Å²) >= 11 is 0. The average Bonchev–Trinajstić information content (AvgIpc) is 2.27. The van der Waals surface area contributed by atoms with Crippen LogP contribution in [0.5, 0.6) is 0 Å². The second kappa shape index (κ2) is 6.97. The van der Waals surface area contributed by atoms with Crippen LogP contribution in [0.2, 0.25) is 0 Å². The standard InChI is InChI=1S/C10H15NO5.CH4O/c1-10(15)3-6(11-5-8(13)14)9(16-2)7(12)4-10;1-2/h11,15H,3-5H2,1-2H3,(H,13,14);2H,1H3. The second-order valence-corrected chi connectivity index (χ2v) is 4.03. The van der Waals surface area contributed by atoms with Crippen molar-refractivity contribution in [2.24, 2.45) is 0 Å². The average molecular weight is 261 g/mol. The van der Waals surface area contributed by atoms with Gasteiger partial charge in [-0.3, -0.25) is 9.59 Å². The molecule has 104 valence electrons. The van der Waals surface area contributed by atoms with Crippen molar-refractivity contribution in [2.75, 3.05) is 20.8 Å². The quantitative estimate of drug-likeness (QED) is 0.525. The number of carboxylic acids is 1. The molecule has 1 aliphatic rings. The van der Waals surface area contributed by atoms with Gasteiger partial charge in [0.25, 0.3) is 0 Å². The number of hydrogen-bond donors (Lipinski definition) is 4. The maximum absolute atomic E-state index is 11.6. The zero-order valence-corrected chi connectivity index (χ0v) is 10.7. The number of carbonyl (C=O) groups is 2. The SMILES string of the molecule is CO.COC1=C(NCC(=O)O)CC(C)(O)CC1=O. The molecule has 0 aliphatic heterocycles. The van der Waals surface area contributed by atoms with E-state index >= 15 is 0 Å². The van der Waals surface area contributed by atoms with Gasteiger partial charge in [0, 0.05) is 20.0 Å². The highest BCUT2D eigenvalue weighted by atomic mass is 16.5. The Morgan fingerprint density at radius 2 is 2.00 bits per heavy atom. The molecule has 0 aromatic rings. The summed E-state index contributed by atoms with van der Waals surface area (Å²) in [6.07, 6.45) is 0.156. The van der Waals surface area contributed by atoms with Gasteiger partial charge in [-0.1, -0.05) is 0 Å². The number of hydrogen-bond acceptors (Lipinski definition) is 6. The van der Waals surface area contributed by atoms with E-state index in [1.165, 1.54) is 14.0 Å². The molecule has 1 aliphatic carbocycles. The molecule has 0 aromatic heterocycles. The van der Waals surface area contributed by atoms with Crippen LogP contribution in [0.3, 0.4) is 0 Å². The molecule has 7 heteroatoms. The molecule has 1 rings (SSSR count). The Morgan fingerprint density at radius 1 is 1.44 bits per heavy atom. The maximum atomic E-state index is 11.6. The number of aliphatic hydroxyl groups excluding tert-OH is 1. The first kappa shape index (κ1) is 16.4. The number of ether oxygens (including phenoxy) is 1. The van der Waals surface area contributed by atoms with E-state index < -0.39 is 11.6 Å². The third-order valence-corrected chi connectivity index (χ3v) is 2.28. The molecule has 0 aromatic carbocycles. The monoisotopic (exact) mass is 261 g/mol. The van der Waals surface area contributed by atoms with E-state index in [4.69, 9.17) is 14.9 Å². The Labute approximate surface area is 105 Å². The van der Waals surface area contributed by atoms with Crippen LogP contribution in [0.1, 0.15) is 19.8 Å². The second-order valence-electron chi connectivity index (χ2n) is 4.03. The largest absolute Gasteiger partial charge is 0.491 e. The van der Waals surface area contributed by atoms with Crippen molar-refractivity contribution in [2.45, 2.75) is 25.4 Å². The van der Waals surface area contributed by atoms with E-state index in [1.807, 2.05) is 0 Å². The van der Waals surface area contributed by atoms with E-state index in [-0.39, 0.29) is 30.9 Å². The molecule has 4 N–H and O–H groups in total. The minimum atomic E-state index is -1.15. The van der Waals surface area contributed by atoms with Crippen molar-refractivity contribution in [1.82, 2.24) is 5.32 Å². The first-order valence-electron chi connectivity index (χ1n) is 5.29. The number of rotatable bonds is 4. The number of methoxy groups -OCH3 is 1. The van der Waals surface area contributed by atoms with Crippen molar-refractivity contribution in [3.63, 3.8) is 0 Å². The number of ketones is 1. The van der Waals surface area contributed by atoms with Gasteiger partial charge in [0.05, 0.1) is 18.4 Å². The van der Waals surface area contributed by atoms with Crippen molar-refractivity contribution in [3.05, 3.63) is 11.5 Å². The normalized spacial score (nSPS) is 23.1. The highest BCUT2D eigenvalue weighted by Crippen LogP contribution is 2.28. The van der Waals surface area contributed by atoms with Crippen LogP contribution in [0.25, 0.3) is 0 Å². The third kappa shape index (κ3) is 4.72. The number of allylic oxidation sites excluding steroid dienone is 1. The lowest BCUT2D eigenvalue weighted by Gasteiger charge is -2.30. The van der Waals surface area contributed by atoms with Crippen LogP contribution in [-0.2, 0) is 14.3 Å². The number of aliphatic carboxylic acids is 1. The number of carbonyl (C=O) groups excluding carboxylic acids is 1. The van der Waals surface area contributed by atoms with E-state index in [0.29, 0.717) is 5.70 Å². The number of Topliss-reactive ketones (excluding diaryl/α,β-unsaturated/α-hetero) is 1. The van der Waals surface area contributed by atoms with Crippen LogP contribution in [-0.4, -0.2) is 53.4 Å². The zero-order chi connectivity index (χ0) is 14.3. The summed E-state index contributed by atoms with van der Waals surface area (Å²) in [7, 11) is 2.34. The van der Waals surface area contributed by atoms with Gasteiger partial charge in [0.2, 0.25) is 5.78 Å². The summed E-state index contributed by atoms with van der Waals surface area (Å²) in [5.74, 6) is -1.26. The van der Waals surface area contributed by atoms with E-state index in [9.17, 15) is 14.7 Å². The lowest BCUT2D eigenvalue weighted by atomic mass is 9.87. The lowest BCUT2D eigenvalue weighted by Crippen LogP contribution is -2.39. The predicted octanol–water partition coefficient (Wildman–Crippen LogP) is -0.759. The summed E-state index contributed by atoms with van der Waals surface area (Å²) in [6.45, 7) is 1.21. The molecule has 0 spiro atoms. The van der Waals surface area contributed by atoms with Gasteiger partial charge in [-0.2, -0.15) is 0 Å². The Balaban J connectivity index is 0.00000137. The molecule has 0 saturated carbocycles. The summed E-state index contributed by atoms with van der Waals surface area (Å²) in [5, 5.41) is 27.9.